The van der Waals surface area contributed by atoms with Crippen molar-refractivity contribution in [2.24, 2.45) is 17.8 Å². The molecular formula is C33H48FN3O7S. The zero-order valence-electron chi connectivity index (χ0n) is 26.7. The molecule has 2 heterocycles. The van der Waals surface area contributed by atoms with Crippen LogP contribution in [0.2, 0.25) is 0 Å². The van der Waals surface area contributed by atoms with Crippen molar-refractivity contribution in [1.82, 2.24) is 14.5 Å². The second-order valence-corrected chi connectivity index (χ2v) is 14.8. The van der Waals surface area contributed by atoms with Gasteiger partial charge in [0.15, 0.2) is 0 Å². The highest BCUT2D eigenvalue weighted by molar-refractivity contribution is 7.89. The number of benzene rings is 1. The van der Waals surface area contributed by atoms with E-state index in [1.54, 1.807) is 13.0 Å². The average Bonchev–Trinajstić information content (AvgIpc) is 3.47. The van der Waals surface area contributed by atoms with Crippen LogP contribution in [0.5, 0.6) is 0 Å². The predicted octanol–water partition coefficient (Wildman–Crippen LogP) is 4.65. The number of sulfonamides is 1. The molecule has 1 aromatic carbocycles. The quantitative estimate of drug-likeness (QED) is 0.300. The maximum absolute atomic E-state index is 15.3. The summed E-state index contributed by atoms with van der Waals surface area (Å²) in [6, 6.07) is 3.35. The van der Waals surface area contributed by atoms with Crippen LogP contribution in [0, 0.1) is 23.6 Å². The Labute approximate surface area is 266 Å². The first kappa shape index (κ1) is 35.1. The first-order valence-corrected chi connectivity index (χ1v) is 17.5. The SMILES string of the molecule is C/C(=C\c1ccc(S(=O)(=O)NC2CCCC2)cc1F)[C@H]1OC(=O)C[C@H](O)CC[C@H](C)[C@@H](C2CN(C)CCN2C(=O)O)/C=C/[C@@H]1C. The lowest BCUT2D eigenvalue weighted by atomic mass is 9.80. The number of carboxylic acid groups (broad SMARTS) is 1. The predicted molar refractivity (Wildman–Crippen MR) is 169 cm³/mol. The van der Waals surface area contributed by atoms with Crippen LogP contribution >= 0.6 is 0 Å². The molecule has 1 amide bonds. The van der Waals surface area contributed by atoms with Gasteiger partial charge < -0.3 is 24.7 Å². The molecule has 10 nitrogen and oxygen atoms in total. The molecule has 45 heavy (non-hydrogen) atoms. The van der Waals surface area contributed by atoms with Crippen molar-refractivity contribution in [2.45, 2.75) is 94.9 Å². The molecule has 0 bridgehead atoms. The van der Waals surface area contributed by atoms with Crippen LogP contribution in [0.25, 0.3) is 6.08 Å². The smallest absolute Gasteiger partial charge is 0.407 e. The lowest BCUT2D eigenvalue weighted by Crippen LogP contribution is -2.57. The van der Waals surface area contributed by atoms with Crippen LogP contribution < -0.4 is 4.72 Å². The average molecular weight is 650 g/mol. The number of amides is 1. The summed E-state index contributed by atoms with van der Waals surface area (Å²) in [4.78, 5) is 28.5. The number of hydrogen-bond acceptors (Lipinski definition) is 7. The zero-order valence-corrected chi connectivity index (χ0v) is 27.5. The molecule has 0 spiro atoms. The molecule has 0 radical (unpaired) electrons. The van der Waals surface area contributed by atoms with Gasteiger partial charge in [-0.15, -0.1) is 0 Å². The van der Waals surface area contributed by atoms with E-state index in [4.69, 9.17) is 4.74 Å². The van der Waals surface area contributed by atoms with Gasteiger partial charge in [0.2, 0.25) is 10.0 Å². The standard InChI is InChI=1S/C33H48FN3O7S/c1-21-9-12-26(38)18-31(39)44-32(22(2)10-14-28(21)30-20-36(4)15-16-37(30)33(40)41)23(3)17-24-11-13-27(19-29(24)34)45(42,43)35-25-7-5-6-8-25/h10-11,13-14,17,19,21-22,25-26,28,30,32,35,38H,5-9,12,15-16,18,20H2,1-4H3,(H,40,41)/b14-10+,23-17+/t21-,22-,26+,28-,30?,32-/m0/s1. The number of nitrogens with zero attached hydrogens (tertiary/aromatic N) is 2. The van der Waals surface area contributed by atoms with Gasteiger partial charge in [0.25, 0.3) is 0 Å². The molecule has 0 aromatic heterocycles. The Morgan fingerprint density at radius 3 is 2.49 bits per heavy atom. The van der Waals surface area contributed by atoms with Crippen LogP contribution in [-0.4, -0.2) is 91.5 Å². The van der Waals surface area contributed by atoms with E-state index in [-0.39, 0.29) is 46.7 Å². The number of esters is 1. The van der Waals surface area contributed by atoms with E-state index in [0.717, 1.165) is 31.7 Å². The molecule has 250 valence electrons. The first-order valence-electron chi connectivity index (χ1n) is 16.0. The van der Waals surface area contributed by atoms with Crippen LogP contribution in [0.15, 0.2) is 40.8 Å². The van der Waals surface area contributed by atoms with E-state index in [1.165, 1.54) is 17.0 Å². The molecule has 1 aromatic rings. The molecule has 1 saturated heterocycles. The van der Waals surface area contributed by atoms with Crippen molar-refractivity contribution in [3.05, 3.63) is 47.3 Å². The number of likely N-dealkylation sites (N-methyl/N-ethyl adjacent to an activating group) is 1. The Morgan fingerprint density at radius 2 is 1.82 bits per heavy atom. The Bertz CT molecular complexity index is 1380. The number of nitrogens with one attached hydrogen (secondary N) is 1. The van der Waals surface area contributed by atoms with Gasteiger partial charge >= 0.3 is 12.1 Å². The highest BCUT2D eigenvalue weighted by Gasteiger charge is 2.37. The number of ether oxygens (including phenoxy) is 1. The minimum Gasteiger partial charge on any atom is -0.465 e. The zero-order chi connectivity index (χ0) is 32.9. The molecule has 2 fully saturated rings. The Balaban J connectivity index is 1.62. The number of halogens is 1. The van der Waals surface area contributed by atoms with Gasteiger partial charge in [-0.25, -0.2) is 22.3 Å². The van der Waals surface area contributed by atoms with Crippen molar-refractivity contribution in [1.29, 1.82) is 0 Å². The summed E-state index contributed by atoms with van der Waals surface area (Å²) in [7, 11) is -1.89. The fourth-order valence-corrected chi connectivity index (χ4v) is 8.14. The third-order valence-electron chi connectivity index (χ3n) is 9.49. The fraction of sp³-hybridized carbons (Fsp3) is 0.636. The van der Waals surface area contributed by atoms with Gasteiger partial charge in [-0.3, -0.25) is 4.79 Å². The molecule has 1 saturated carbocycles. The van der Waals surface area contributed by atoms with Gasteiger partial charge in [0, 0.05) is 43.1 Å². The highest BCUT2D eigenvalue weighted by atomic mass is 32.2. The van der Waals surface area contributed by atoms with E-state index in [1.807, 2.05) is 33.0 Å². The highest BCUT2D eigenvalue weighted by Crippen LogP contribution is 2.32. The first-order chi connectivity index (χ1) is 21.2. The minimum atomic E-state index is -3.86. The lowest BCUT2D eigenvalue weighted by molar-refractivity contribution is -0.151. The van der Waals surface area contributed by atoms with Crippen molar-refractivity contribution < 1.29 is 37.3 Å². The normalized spacial score (nSPS) is 30.8. The number of aliphatic hydroxyl groups is 1. The summed E-state index contributed by atoms with van der Waals surface area (Å²) in [6.07, 6.45) is 7.03. The van der Waals surface area contributed by atoms with Gasteiger partial charge in [-0.05, 0) is 69.4 Å². The van der Waals surface area contributed by atoms with Crippen LogP contribution in [0.1, 0.15) is 71.3 Å². The maximum Gasteiger partial charge on any atom is 0.407 e. The number of aliphatic hydroxyl groups excluding tert-OH is 1. The molecule has 3 aliphatic rings. The third-order valence-corrected chi connectivity index (χ3v) is 11.0. The molecule has 1 aliphatic carbocycles. The monoisotopic (exact) mass is 649 g/mol. The van der Waals surface area contributed by atoms with Gasteiger partial charge in [-0.1, -0.05) is 44.9 Å². The van der Waals surface area contributed by atoms with E-state index in [9.17, 15) is 28.2 Å². The number of hydrogen-bond donors (Lipinski definition) is 3. The Hall–Kier alpha value is -2.80. The van der Waals surface area contributed by atoms with E-state index in [0.29, 0.717) is 38.0 Å². The summed E-state index contributed by atoms with van der Waals surface area (Å²) in [5.41, 5.74) is 0.694. The fourth-order valence-electron chi connectivity index (χ4n) is 6.82. The summed E-state index contributed by atoms with van der Waals surface area (Å²) in [5.74, 6) is -1.78. The van der Waals surface area contributed by atoms with Crippen molar-refractivity contribution >= 4 is 28.2 Å². The van der Waals surface area contributed by atoms with Crippen molar-refractivity contribution in [3.63, 3.8) is 0 Å². The van der Waals surface area contributed by atoms with Crippen molar-refractivity contribution in [3.8, 4) is 0 Å². The number of piperazine rings is 1. The summed E-state index contributed by atoms with van der Waals surface area (Å²) >= 11 is 0. The molecule has 12 heteroatoms. The molecular weight excluding hydrogens is 601 g/mol. The van der Waals surface area contributed by atoms with Gasteiger partial charge in [-0.2, -0.15) is 0 Å². The lowest BCUT2D eigenvalue weighted by Gasteiger charge is -2.43. The van der Waals surface area contributed by atoms with E-state index in [2.05, 4.69) is 9.62 Å². The summed E-state index contributed by atoms with van der Waals surface area (Å²) in [5, 5.41) is 20.6. The number of cyclic esters (lactones) is 1. The topological polar surface area (TPSA) is 136 Å². The molecule has 2 aliphatic heterocycles. The summed E-state index contributed by atoms with van der Waals surface area (Å²) in [6.45, 7) is 7.25. The third kappa shape index (κ3) is 9.15. The van der Waals surface area contributed by atoms with Crippen LogP contribution in [0.4, 0.5) is 9.18 Å². The molecule has 6 atom stereocenters. The number of carbonyl (C=O) groups is 2. The van der Waals surface area contributed by atoms with E-state index < -0.39 is 40.1 Å². The Kier molecular flexibility index (Phi) is 11.8. The van der Waals surface area contributed by atoms with Crippen LogP contribution in [-0.2, 0) is 19.6 Å². The van der Waals surface area contributed by atoms with Gasteiger partial charge in [0.1, 0.15) is 11.9 Å². The minimum absolute atomic E-state index is 0.0269. The second-order valence-electron chi connectivity index (χ2n) is 13.1. The maximum atomic E-state index is 15.3. The van der Waals surface area contributed by atoms with Crippen LogP contribution in [0.3, 0.4) is 0 Å². The second kappa shape index (κ2) is 15.2. The number of rotatable bonds is 6. The van der Waals surface area contributed by atoms with E-state index >= 15 is 4.39 Å². The molecule has 1 unspecified atom stereocenters. The van der Waals surface area contributed by atoms with Crippen molar-refractivity contribution in [2.75, 3.05) is 26.7 Å². The van der Waals surface area contributed by atoms with Gasteiger partial charge in [0.05, 0.1) is 23.5 Å². The molecule has 3 N–H and O–H groups in total. The summed E-state index contributed by atoms with van der Waals surface area (Å²) < 4.78 is 49.5. The Morgan fingerprint density at radius 1 is 1.11 bits per heavy atom. The number of carbonyl (C=O) groups excluding carboxylic acids is 1. The largest absolute Gasteiger partial charge is 0.465 e. The molecule has 4 rings (SSSR count).